The van der Waals surface area contributed by atoms with Gasteiger partial charge in [-0.25, -0.2) is 9.97 Å². The number of nitrogens with zero attached hydrogens (tertiary/aromatic N) is 6. The van der Waals surface area contributed by atoms with E-state index >= 15 is 0 Å². The molecule has 7 heteroatoms. The highest BCUT2D eigenvalue weighted by molar-refractivity contribution is 7.22. The molecule has 4 aromatic heterocycles. The predicted octanol–water partition coefficient (Wildman–Crippen LogP) is 16.2. The van der Waals surface area contributed by atoms with Crippen molar-refractivity contribution in [3.8, 4) is 67.2 Å². The third-order valence-corrected chi connectivity index (χ3v) is 14.6. The van der Waals surface area contributed by atoms with Crippen LogP contribution < -0.4 is 0 Å². The molecule has 322 valence electrons. The SMILES string of the molecule is c1ccc(-c2nc(-c3cccc4nc(-c5ccccc5)sc34)nc(-n3c4ccccc4c4ccc5c6ccccc6n(-c6ccc(-c7cccc8cccc(-c9ccccc9)c78)cc6)c5c43)n2)cc1. The Kier molecular flexibility index (Phi) is 8.97. The van der Waals surface area contributed by atoms with Gasteiger partial charge in [0.2, 0.25) is 5.95 Å². The molecule has 0 spiro atoms. The van der Waals surface area contributed by atoms with E-state index in [1.807, 2.05) is 30.3 Å². The molecule has 0 amide bonds. The maximum absolute atomic E-state index is 5.48. The second-order valence-electron chi connectivity index (χ2n) is 17.4. The quantitative estimate of drug-likeness (QED) is 0.160. The second-order valence-corrected chi connectivity index (χ2v) is 18.4. The van der Waals surface area contributed by atoms with Gasteiger partial charge in [0.1, 0.15) is 5.01 Å². The standard InChI is InChI=1S/C62H38N6S/c1-4-17-39(18-5-1)45-27-14-23-41-24-15-28-46(55(41)45)40-33-35-44(36-34-40)67-53-31-12-10-25-47(53)49-37-38-50-48-26-11-13-32-54(48)68(57(50)56(49)67)62-65-59(42-19-6-2-7-20-42)64-60(66-62)51-29-16-30-52-58(51)69-61(63-52)43-21-8-3-9-22-43/h1-38H. The van der Waals surface area contributed by atoms with Crippen LogP contribution in [0.5, 0.6) is 0 Å². The van der Waals surface area contributed by atoms with E-state index in [4.69, 9.17) is 19.9 Å². The van der Waals surface area contributed by atoms with Crippen LogP contribution >= 0.6 is 11.3 Å². The average Bonchev–Trinajstić information content (AvgIpc) is 4.12. The number of fused-ring (bicyclic) bond motifs is 9. The van der Waals surface area contributed by atoms with Gasteiger partial charge in [0.05, 0.1) is 32.3 Å². The Balaban J connectivity index is 1.02. The van der Waals surface area contributed by atoms with Crippen LogP contribution in [0, 0.1) is 0 Å². The molecule has 14 aromatic rings. The van der Waals surface area contributed by atoms with E-state index in [1.54, 1.807) is 11.3 Å². The summed E-state index contributed by atoms with van der Waals surface area (Å²) in [5.41, 5.74) is 13.9. The first kappa shape index (κ1) is 39.2. The predicted molar refractivity (Wildman–Crippen MR) is 286 cm³/mol. The molecule has 0 unspecified atom stereocenters. The van der Waals surface area contributed by atoms with E-state index in [-0.39, 0.29) is 0 Å². The lowest BCUT2D eigenvalue weighted by Gasteiger charge is -2.15. The maximum Gasteiger partial charge on any atom is 0.238 e. The first-order valence-electron chi connectivity index (χ1n) is 23.1. The molecule has 4 heterocycles. The van der Waals surface area contributed by atoms with Crippen LogP contribution in [0.2, 0.25) is 0 Å². The van der Waals surface area contributed by atoms with Gasteiger partial charge in [-0.2, -0.15) is 9.97 Å². The highest BCUT2D eigenvalue weighted by atomic mass is 32.1. The van der Waals surface area contributed by atoms with Gasteiger partial charge in [-0.15, -0.1) is 11.3 Å². The van der Waals surface area contributed by atoms with Crippen molar-refractivity contribution in [2.75, 3.05) is 0 Å². The lowest BCUT2D eigenvalue weighted by atomic mass is 9.91. The first-order chi connectivity index (χ1) is 34.2. The van der Waals surface area contributed by atoms with Crippen LogP contribution in [0.25, 0.3) is 132 Å². The van der Waals surface area contributed by atoms with E-state index in [0.717, 1.165) is 81.4 Å². The molecule has 0 saturated carbocycles. The summed E-state index contributed by atoms with van der Waals surface area (Å²) in [4.78, 5) is 21.2. The van der Waals surface area contributed by atoms with Gasteiger partial charge in [0.15, 0.2) is 11.6 Å². The molecule has 10 aromatic carbocycles. The molecule has 0 bridgehead atoms. The zero-order valence-electron chi connectivity index (χ0n) is 37.0. The summed E-state index contributed by atoms with van der Waals surface area (Å²) < 4.78 is 5.71. The van der Waals surface area contributed by atoms with Crippen molar-refractivity contribution >= 4 is 75.9 Å². The monoisotopic (exact) mass is 898 g/mol. The van der Waals surface area contributed by atoms with Crippen molar-refractivity contribution in [2.24, 2.45) is 0 Å². The van der Waals surface area contributed by atoms with Gasteiger partial charge >= 0.3 is 0 Å². The zero-order chi connectivity index (χ0) is 45.4. The minimum atomic E-state index is 0.541. The van der Waals surface area contributed by atoms with Crippen molar-refractivity contribution in [1.82, 2.24) is 29.1 Å². The summed E-state index contributed by atoms with van der Waals surface area (Å²) in [5, 5.41) is 7.97. The van der Waals surface area contributed by atoms with E-state index < -0.39 is 0 Å². The fourth-order valence-electron chi connectivity index (χ4n) is 10.3. The molecule has 0 saturated heterocycles. The highest BCUT2D eigenvalue weighted by Crippen LogP contribution is 2.43. The van der Waals surface area contributed by atoms with Gasteiger partial charge in [0, 0.05) is 43.9 Å². The molecule has 6 nitrogen and oxygen atoms in total. The summed E-state index contributed by atoms with van der Waals surface area (Å²) in [6, 6.07) is 81.7. The van der Waals surface area contributed by atoms with Gasteiger partial charge in [-0.1, -0.05) is 194 Å². The molecule has 0 radical (unpaired) electrons. The van der Waals surface area contributed by atoms with Gasteiger partial charge in [-0.05, 0) is 69.4 Å². The largest absolute Gasteiger partial charge is 0.307 e. The lowest BCUT2D eigenvalue weighted by molar-refractivity contribution is 0.954. The Morgan fingerprint density at radius 3 is 1.52 bits per heavy atom. The smallest absolute Gasteiger partial charge is 0.238 e. The lowest BCUT2D eigenvalue weighted by Crippen LogP contribution is -2.07. The second kappa shape index (κ2) is 15.8. The Hall–Kier alpha value is -9.04. The van der Waals surface area contributed by atoms with Crippen LogP contribution in [0.4, 0.5) is 0 Å². The number of hydrogen-bond donors (Lipinski definition) is 0. The van der Waals surface area contributed by atoms with Crippen LogP contribution in [-0.4, -0.2) is 29.1 Å². The third kappa shape index (κ3) is 6.32. The van der Waals surface area contributed by atoms with Crippen molar-refractivity contribution in [1.29, 1.82) is 0 Å². The molecule has 0 aliphatic rings. The van der Waals surface area contributed by atoms with E-state index in [2.05, 4.69) is 209 Å². The minimum Gasteiger partial charge on any atom is -0.307 e. The Morgan fingerprint density at radius 1 is 0.333 bits per heavy atom. The number of hydrogen-bond acceptors (Lipinski definition) is 5. The van der Waals surface area contributed by atoms with Gasteiger partial charge in [-0.3, -0.25) is 4.57 Å². The van der Waals surface area contributed by atoms with Crippen LogP contribution in [0.1, 0.15) is 0 Å². The van der Waals surface area contributed by atoms with E-state index in [9.17, 15) is 0 Å². The van der Waals surface area contributed by atoms with Crippen LogP contribution in [0.3, 0.4) is 0 Å². The summed E-state index contributed by atoms with van der Waals surface area (Å²) in [5.74, 6) is 1.73. The molecule has 0 aliphatic heterocycles. The molecule has 69 heavy (non-hydrogen) atoms. The number of aromatic nitrogens is 6. The van der Waals surface area contributed by atoms with Crippen molar-refractivity contribution in [3.63, 3.8) is 0 Å². The zero-order valence-corrected chi connectivity index (χ0v) is 37.8. The summed E-state index contributed by atoms with van der Waals surface area (Å²) in [6.45, 7) is 0. The van der Waals surface area contributed by atoms with Gasteiger partial charge in [0.25, 0.3) is 0 Å². The Morgan fingerprint density at radius 2 is 0.855 bits per heavy atom. The molecule has 0 atom stereocenters. The summed E-state index contributed by atoms with van der Waals surface area (Å²) in [7, 11) is 0. The first-order valence-corrected chi connectivity index (χ1v) is 24.0. The summed E-state index contributed by atoms with van der Waals surface area (Å²) >= 11 is 1.66. The maximum atomic E-state index is 5.48. The molecule has 0 N–H and O–H groups in total. The highest BCUT2D eigenvalue weighted by Gasteiger charge is 2.24. The summed E-state index contributed by atoms with van der Waals surface area (Å²) in [6.07, 6.45) is 0. The van der Waals surface area contributed by atoms with Crippen LogP contribution in [0.15, 0.2) is 231 Å². The fraction of sp³-hybridized carbons (Fsp3) is 0. The van der Waals surface area contributed by atoms with Crippen LogP contribution in [-0.2, 0) is 0 Å². The Labute approximate surface area is 400 Å². The normalized spacial score (nSPS) is 11.8. The minimum absolute atomic E-state index is 0.541. The van der Waals surface area contributed by atoms with Crippen molar-refractivity contribution in [3.05, 3.63) is 231 Å². The van der Waals surface area contributed by atoms with Crippen molar-refractivity contribution < 1.29 is 0 Å². The number of para-hydroxylation sites is 2. The molecular weight excluding hydrogens is 861 g/mol. The van der Waals surface area contributed by atoms with E-state index in [0.29, 0.717) is 17.6 Å². The Bertz CT molecular complexity index is 4280. The van der Waals surface area contributed by atoms with Crippen molar-refractivity contribution in [2.45, 2.75) is 0 Å². The van der Waals surface area contributed by atoms with E-state index in [1.165, 1.54) is 32.8 Å². The number of rotatable bonds is 7. The molecular formula is C62H38N6S. The molecule has 0 aliphatic carbocycles. The topological polar surface area (TPSA) is 61.4 Å². The molecule has 14 rings (SSSR count). The number of benzene rings is 10. The molecule has 0 fully saturated rings. The number of thiazole rings is 1. The van der Waals surface area contributed by atoms with Gasteiger partial charge < -0.3 is 4.57 Å². The fourth-order valence-corrected chi connectivity index (χ4v) is 11.4. The third-order valence-electron chi connectivity index (χ3n) is 13.4. The average molecular weight is 899 g/mol.